The molecule has 92 valence electrons. The van der Waals surface area contributed by atoms with E-state index in [-0.39, 0.29) is 10.9 Å². The largest absolute Gasteiger partial charge is 0.477 e. The van der Waals surface area contributed by atoms with E-state index in [9.17, 15) is 14.4 Å². The quantitative estimate of drug-likeness (QED) is 0.782. The van der Waals surface area contributed by atoms with Gasteiger partial charge >= 0.3 is 11.9 Å². The predicted molar refractivity (Wildman–Crippen MR) is 66.2 cm³/mol. The lowest BCUT2D eigenvalue weighted by Crippen LogP contribution is -2.22. The minimum absolute atomic E-state index is 0.111. The maximum atomic E-state index is 12.0. The normalized spacial score (nSPS) is 10.5. The molecule has 3 N–H and O–H groups in total. The highest BCUT2D eigenvalue weighted by Gasteiger charge is 2.23. The number of aromatic nitrogens is 1. The van der Waals surface area contributed by atoms with Gasteiger partial charge in [-0.3, -0.25) is 4.79 Å². The number of rotatable bonds is 2. The van der Waals surface area contributed by atoms with Crippen molar-refractivity contribution in [3.8, 4) is 0 Å². The summed E-state index contributed by atoms with van der Waals surface area (Å²) >= 11 is 3.13. The summed E-state index contributed by atoms with van der Waals surface area (Å²) in [5.41, 5.74) is -1.97. The van der Waals surface area contributed by atoms with Crippen LogP contribution in [-0.4, -0.2) is 27.1 Å². The molecule has 0 saturated heterocycles. The van der Waals surface area contributed by atoms with Gasteiger partial charge in [0, 0.05) is 4.47 Å². The molecule has 1 aromatic heterocycles. The first-order valence-corrected chi connectivity index (χ1v) is 5.54. The second-order valence-electron chi connectivity index (χ2n) is 3.48. The Hall–Kier alpha value is -2.15. The van der Waals surface area contributed by atoms with Gasteiger partial charge in [0.15, 0.2) is 0 Å². The highest BCUT2D eigenvalue weighted by atomic mass is 79.9. The monoisotopic (exact) mass is 311 g/mol. The summed E-state index contributed by atoms with van der Waals surface area (Å²) in [4.78, 5) is 36.4. The Morgan fingerprint density at radius 1 is 1.17 bits per heavy atom. The van der Waals surface area contributed by atoms with Gasteiger partial charge in [0.05, 0.1) is 10.9 Å². The summed E-state index contributed by atoms with van der Waals surface area (Å²) in [7, 11) is 0. The molecule has 7 heteroatoms. The van der Waals surface area contributed by atoms with Gasteiger partial charge < -0.3 is 15.2 Å². The average molecular weight is 312 g/mol. The molecule has 0 aliphatic carbocycles. The second kappa shape index (κ2) is 4.26. The van der Waals surface area contributed by atoms with E-state index in [4.69, 9.17) is 10.2 Å². The van der Waals surface area contributed by atoms with Crippen LogP contribution in [-0.2, 0) is 0 Å². The number of nitrogens with one attached hydrogen (secondary N) is 1. The van der Waals surface area contributed by atoms with E-state index in [0.29, 0.717) is 4.47 Å². The zero-order chi connectivity index (χ0) is 13.4. The number of pyridine rings is 1. The van der Waals surface area contributed by atoms with Crippen molar-refractivity contribution in [1.82, 2.24) is 4.98 Å². The number of benzene rings is 1. The SMILES string of the molecule is O=C(O)c1[nH]c2cccc(Br)c2c(=O)c1C(=O)O. The molecule has 0 bridgehead atoms. The molecule has 0 amide bonds. The number of hydrogen-bond acceptors (Lipinski definition) is 3. The molecule has 0 fully saturated rings. The fourth-order valence-corrected chi connectivity index (χ4v) is 2.21. The van der Waals surface area contributed by atoms with Crippen LogP contribution < -0.4 is 5.43 Å². The zero-order valence-electron chi connectivity index (χ0n) is 8.73. The number of H-pyrrole nitrogens is 1. The lowest BCUT2D eigenvalue weighted by atomic mass is 10.1. The van der Waals surface area contributed by atoms with Crippen molar-refractivity contribution in [3.63, 3.8) is 0 Å². The van der Waals surface area contributed by atoms with Crippen molar-refractivity contribution in [2.24, 2.45) is 0 Å². The number of carbonyl (C=O) groups is 2. The van der Waals surface area contributed by atoms with E-state index >= 15 is 0 Å². The number of carboxylic acids is 2. The summed E-state index contributed by atoms with van der Waals surface area (Å²) in [6.45, 7) is 0. The minimum Gasteiger partial charge on any atom is -0.477 e. The Bertz CT molecular complexity index is 734. The fraction of sp³-hybridized carbons (Fsp3) is 0. The third-order valence-electron chi connectivity index (χ3n) is 2.41. The van der Waals surface area contributed by atoms with E-state index in [0.717, 1.165) is 0 Å². The van der Waals surface area contributed by atoms with Crippen LogP contribution in [0.25, 0.3) is 10.9 Å². The second-order valence-corrected chi connectivity index (χ2v) is 4.33. The molecular weight excluding hydrogens is 306 g/mol. The summed E-state index contributed by atoms with van der Waals surface area (Å²) in [5, 5.41) is 18.0. The molecule has 18 heavy (non-hydrogen) atoms. The third-order valence-corrected chi connectivity index (χ3v) is 3.07. The average Bonchev–Trinajstić information content (AvgIpc) is 2.27. The zero-order valence-corrected chi connectivity index (χ0v) is 10.3. The number of halogens is 1. The van der Waals surface area contributed by atoms with Gasteiger partial charge in [-0.1, -0.05) is 6.07 Å². The van der Waals surface area contributed by atoms with Crippen LogP contribution in [0.15, 0.2) is 27.5 Å². The summed E-state index contributed by atoms with van der Waals surface area (Å²) in [5.74, 6) is -3.07. The van der Waals surface area contributed by atoms with Gasteiger partial charge in [-0.05, 0) is 28.1 Å². The highest BCUT2D eigenvalue weighted by Crippen LogP contribution is 2.20. The van der Waals surface area contributed by atoms with Crippen molar-refractivity contribution < 1.29 is 19.8 Å². The van der Waals surface area contributed by atoms with E-state index in [1.165, 1.54) is 6.07 Å². The van der Waals surface area contributed by atoms with Crippen LogP contribution in [0.4, 0.5) is 0 Å². The van der Waals surface area contributed by atoms with Crippen molar-refractivity contribution in [2.75, 3.05) is 0 Å². The summed E-state index contributed by atoms with van der Waals surface area (Å²) < 4.78 is 0.403. The Morgan fingerprint density at radius 2 is 1.83 bits per heavy atom. The molecule has 0 atom stereocenters. The van der Waals surface area contributed by atoms with Crippen LogP contribution in [0.1, 0.15) is 20.8 Å². The van der Waals surface area contributed by atoms with Gasteiger partial charge in [-0.25, -0.2) is 9.59 Å². The third kappa shape index (κ3) is 1.78. The predicted octanol–water partition coefficient (Wildman–Crippen LogP) is 1.69. The molecule has 2 aromatic rings. The van der Waals surface area contributed by atoms with E-state index in [1.54, 1.807) is 12.1 Å². The maximum Gasteiger partial charge on any atom is 0.353 e. The van der Waals surface area contributed by atoms with Crippen molar-refractivity contribution in [1.29, 1.82) is 0 Å². The van der Waals surface area contributed by atoms with Gasteiger partial charge in [0.1, 0.15) is 11.3 Å². The molecule has 0 aliphatic rings. The number of hydrogen-bond donors (Lipinski definition) is 3. The van der Waals surface area contributed by atoms with E-state index < -0.39 is 28.6 Å². The summed E-state index contributed by atoms with van der Waals surface area (Å²) in [6.07, 6.45) is 0. The molecule has 6 nitrogen and oxygen atoms in total. The smallest absolute Gasteiger partial charge is 0.353 e. The van der Waals surface area contributed by atoms with Crippen LogP contribution in [0, 0.1) is 0 Å². The van der Waals surface area contributed by atoms with Crippen LogP contribution in [0.3, 0.4) is 0 Å². The Kier molecular flexibility index (Phi) is 2.92. The Labute approximate surface area is 108 Å². The Balaban J connectivity index is 3.05. The minimum atomic E-state index is -1.58. The highest BCUT2D eigenvalue weighted by molar-refractivity contribution is 9.10. The number of aromatic amines is 1. The number of aromatic carboxylic acids is 2. The topological polar surface area (TPSA) is 107 Å². The van der Waals surface area contributed by atoms with Crippen LogP contribution in [0.2, 0.25) is 0 Å². The molecular formula is C11H6BrNO5. The molecule has 0 saturated carbocycles. The standard InChI is InChI=1S/C11H6BrNO5/c12-4-2-1-3-5-6(4)9(14)7(10(15)16)8(13-5)11(17)18/h1-3H,(H,13,14)(H,15,16)(H,17,18). The molecule has 0 aliphatic heterocycles. The molecule has 0 spiro atoms. The fourth-order valence-electron chi connectivity index (χ4n) is 1.66. The Morgan fingerprint density at radius 3 is 2.39 bits per heavy atom. The van der Waals surface area contributed by atoms with Crippen molar-refractivity contribution in [2.45, 2.75) is 0 Å². The first-order chi connectivity index (χ1) is 8.43. The lowest BCUT2D eigenvalue weighted by Gasteiger charge is -2.05. The van der Waals surface area contributed by atoms with Crippen molar-refractivity contribution >= 4 is 38.8 Å². The molecule has 0 radical (unpaired) electrons. The van der Waals surface area contributed by atoms with Gasteiger partial charge in [-0.15, -0.1) is 0 Å². The molecule has 1 aromatic carbocycles. The first kappa shape index (κ1) is 12.3. The number of carboxylic acid groups (broad SMARTS) is 2. The van der Waals surface area contributed by atoms with Crippen LogP contribution in [0.5, 0.6) is 0 Å². The van der Waals surface area contributed by atoms with Gasteiger partial charge in [-0.2, -0.15) is 0 Å². The number of fused-ring (bicyclic) bond motifs is 1. The lowest BCUT2D eigenvalue weighted by molar-refractivity contribution is 0.0646. The van der Waals surface area contributed by atoms with Crippen molar-refractivity contribution in [3.05, 3.63) is 44.2 Å². The van der Waals surface area contributed by atoms with E-state index in [1.807, 2.05) is 0 Å². The summed E-state index contributed by atoms with van der Waals surface area (Å²) in [6, 6.07) is 4.68. The van der Waals surface area contributed by atoms with Gasteiger partial charge in [0.2, 0.25) is 5.43 Å². The molecule has 1 heterocycles. The molecule has 0 unspecified atom stereocenters. The van der Waals surface area contributed by atoms with E-state index in [2.05, 4.69) is 20.9 Å². The molecule has 2 rings (SSSR count). The first-order valence-electron chi connectivity index (χ1n) is 4.74. The maximum absolute atomic E-state index is 12.0. The van der Waals surface area contributed by atoms with Crippen LogP contribution >= 0.6 is 15.9 Å². The van der Waals surface area contributed by atoms with Gasteiger partial charge in [0.25, 0.3) is 0 Å².